The first-order chi connectivity index (χ1) is 8.25. The molecule has 0 spiro atoms. The maximum atomic E-state index is 4.36. The SMILES string of the molecule is C=C(C(C)C)N1CC(C)CC(C(C)C)C1C(C)C. The summed E-state index contributed by atoms with van der Waals surface area (Å²) < 4.78 is 0. The molecule has 1 saturated heterocycles. The molecule has 0 saturated carbocycles. The van der Waals surface area contributed by atoms with Crippen molar-refractivity contribution >= 4 is 0 Å². The van der Waals surface area contributed by atoms with Crippen LogP contribution in [0.3, 0.4) is 0 Å². The average Bonchev–Trinajstić information content (AvgIpc) is 2.25. The highest BCUT2D eigenvalue weighted by molar-refractivity contribution is 5.05. The zero-order chi connectivity index (χ0) is 14.0. The van der Waals surface area contributed by atoms with E-state index >= 15 is 0 Å². The van der Waals surface area contributed by atoms with E-state index in [-0.39, 0.29) is 0 Å². The van der Waals surface area contributed by atoms with Crippen LogP contribution in [-0.2, 0) is 0 Å². The van der Waals surface area contributed by atoms with Gasteiger partial charge in [0.2, 0.25) is 0 Å². The van der Waals surface area contributed by atoms with Crippen LogP contribution in [0.2, 0.25) is 0 Å². The smallest absolute Gasteiger partial charge is 0.0340 e. The fourth-order valence-electron chi connectivity index (χ4n) is 3.53. The van der Waals surface area contributed by atoms with Crippen LogP contribution < -0.4 is 0 Å². The van der Waals surface area contributed by atoms with Crippen molar-refractivity contribution in [2.24, 2.45) is 29.6 Å². The van der Waals surface area contributed by atoms with Crippen LogP contribution in [0.25, 0.3) is 0 Å². The Kier molecular flexibility index (Phi) is 5.31. The third kappa shape index (κ3) is 3.30. The summed E-state index contributed by atoms with van der Waals surface area (Å²) in [5, 5.41) is 0. The molecule has 1 fully saturated rings. The molecule has 0 aromatic carbocycles. The predicted molar refractivity (Wildman–Crippen MR) is 81.4 cm³/mol. The third-order valence-corrected chi connectivity index (χ3v) is 4.56. The molecular weight excluding hydrogens is 218 g/mol. The Bertz CT molecular complexity index is 277. The van der Waals surface area contributed by atoms with Gasteiger partial charge < -0.3 is 4.90 Å². The van der Waals surface area contributed by atoms with E-state index in [0.29, 0.717) is 17.9 Å². The van der Waals surface area contributed by atoms with Crippen molar-refractivity contribution in [3.05, 3.63) is 12.3 Å². The molecule has 3 unspecified atom stereocenters. The second-order valence-corrected chi connectivity index (χ2v) is 7.28. The van der Waals surface area contributed by atoms with Crippen LogP contribution in [0.1, 0.15) is 54.9 Å². The third-order valence-electron chi connectivity index (χ3n) is 4.56. The lowest BCUT2D eigenvalue weighted by atomic mass is 9.73. The van der Waals surface area contributed by atoms with Crippen LogP contribution in [0.15, 0.2) is 12.3 Å². The van der Waals surface area contributed by atoms with Gasteiger partial charge in [0.15, 0.2) is 0 Å². The van der Waals surface area contributed by atoms with Gasteiger partial charge in [0.25, 0.3) is 0 Å². The van der Waals surface area contributed by atoms with E-state index in [1.54, 1.807) is 0 Å². The van der Waals surface area contributed by atoms with Crippen molar-refractivity contribution in [2.45, 2.75) is 60.9 Å². The Hall–Kier alpha value is -0.460. The second-order valence-electron chi connectivity index (χ2n) is 7.28. The van der Waals surface area contributed by atoms with E-state index in [0.717, 1.165) is 17.8 Å². The van der Waals surface area contributed by atoms with Crippen LogP contribution in [-0.4, -0.2) is 17.5 Å². The molecule has 1 aliphatic heterocycles. The van der Waals surface area contributed by atoms with E-state index in [4.69, 9.17) is 0 Å². The van der Waals surface area contributed by atoms with Gasteiger partial charge in [-0.1, -0.05) is 55.0 Å². The topological polar surface area (TPSA) is 3.24 Å². The van der Waals surface area contributed by atoms with E-state index in [1.165, 1.54) is 18.7 Å². The van der Waals surface area contributed by atoms with Crippen LogP contribution >= 0.6 is 0 Å². The molecule has 1 nitrogen and oxygen atoms in total. The number of hydrogen-bond donors (Lipinski definition) is 0. The van der Waals surface area contributed by atoms with E-state index < -0.39 is 0 Å². The minimum absolute atomic E-state index is 0.560. The van der Waals surface area contributed by atoms with Gasteiger partial charge in [0.05, 0.1) is 0 Å². The molecule has 0 aromatic heterocycles. The van der Waals surface area contributed by atoms with Gasteiger partial charge in [-0.2, -0.15) is 0 Å². The summed E-state index contributed by atoms with van der Waals surface area (Å²) in [7, 11) is 0. The molecule has 1 rings (SSSR count). The highest BCUT2D eigenvalue weighted by Crippen LogP contribution is 2.38. The summed E-state index contributed by atoms with van der Waals surface area (Å²) in [4.78, 5) is 2.63. The summed E-state index contributed by atoms with van der Waals surface area (Å²) >= 11 is 0. The van der Waals surface area contributed by atoms with Crippen LogP contribution in [0.5, 0.6) is 0 Å². The van der Waals surface area contributed by atoms with E-state index in [1.807, 2.05) is 0 Å². The van der Waals surface area contributed by atoms with Crippen molar-refractivity contribution in [1.29, 1.82) is 0 Å². The van der Waals surface area contributed by atoms with E-state index in [9.17, 15) is 0 Å². The number of likely N-dealkylation sites (tertiary alicyclic amines) is 1. The van der Waals surface area contributed by atoms with Crippen LogP contribution in [0, 0.1) is 29.6 Å². The molecule has 0 aliphatic carbocycles. The molecule has 0 aromatic rings. The highest BCUT2D eigenvalue weighted by atomic mass is 15.2. The lowest BCUT2D eigenvalue weighted by molar-refractivity contribution is 0.0313. The van der Waals surface area contributed by atoms with Crippen molar-refractivity contribution in [3.63, 3.8) is 0 Å². The summed E-state index contributed by atoms with van der Waals surface area (Å²) in [5.41, 5.74) is 1.34. The lowest BCUT2D eigenvalue weighted by Crippen LogP contribution is -2.52. The number of allylic oxidation sites excluding steroid dienone is 1. The van der Waals surface area contributed by atoms with Crippen molar-refractivity contribution < 1.29 is 0 Å². The number of hydrogen-bond acceptors (Lipinski definition) is 1. The van der Waals surface area contributed by atoms with Gasteiger partial charge >= 0.3 is 0 Å². The summed E-state index contributed by atoms with van der Waals surface area (Å²) in [6.07, 6.45) is 1.38. The Labute approximate surface area is 115 Å². The zero-order valence-electron chi connectivity index (χ0n) is 13.5. The first-order valence-corrected chi connectivity index (χ1v) is 7.71. The van der Waals surface area contributed by atoms with Gasteiger partial charge in [-0.15, -0.1) is 0 Å². The maximum Gasteiger partial charge on any atom is 0.0340 e. The Morgan fingerprint density at radius 2 is 1.61 bits per heavy atom. The lowest BCUT2D eigenvalue weighted by Gasteiger charge is -2.50. The summed E-state index contributed by atoms with van der Waals surface area (Å²) in [6, 6.07) is 0.677. The van der Waals surface area contributed by atoms with Gasteiger partial charge in [-0.3, -0.25) is 0 Å². The number of piperidine rings is 1. The molecule has 106 valence electrons. The van der Waals surface area contributed by atoms with Crippen LogP contribution in [0.4, 0.5) is 0 Å². The number of nitrogens with zero attached hydrogens (tertiary/aromatic N) is 1. The number of rotatable bonds is 4. The molecular formula is C17H33N. The fraction of sp³-hybridized carbons (Fsp3) is 0.882. The minimum atomic E-state index is 0.560. The highest BCUT2D eigenvalue weighted by Gasteiger charge is 2.38. The fourth-order valence-corrected chi connectivity index (χ4v) is 3.53. The Balaban J connectivity index is 3.00. The normalized spacial score (nSPS) is 29.4. The van der Waals surface area contributed by atoms with Crippen molar-refractivity contribution in [1.82, 2.24) is 4.90 Å². The standard InChI is InChI=1S/C17H33N/c1-11(2)15(8)18-10-14(7)9-16(12(3)4)17(18)13(5)6/h11-14,16-17H,8-10H2,1-7H3. The molecule has 1 heterocycles. The van der Waals surface area contributed by atoms with E-state index in [2.05, 4.69) is 59.9 Å². The molecule has 1 heteroatoms. The molecule has 0 N–H and O–H groups in total. The minimum Gasteiger partial charge on any atom is -0.371 e. The largest absolute Gasteiger partial charge is 0.371 e. The molecule has 3 atom stereocenters. The Morgan fingerprint density at radius 1 is 1.06 bits per heavy atom. The Morgan fingerprint density at radius 3 is 2.00 bits per heavy atom. The zero-order valence-corrected chi connectivity index (χ0v) is 13.5. The average molecular weight is 251 g/mol. The first-order valence-electron chi connectivity index (χ1n) is 7.71. The van der Waals surface area contributed by atoms with Gasteiger partial charge in [-0.25, -0.2) is 0 Å². The molecule has 0 bridgehead atoms. The van der Waals surface area contributed by atoms with Gasteiger partial charge in [0, 0.05) is 18.3 Å². The van der Waals surface area contributed by atoms with Gasteiger partial charge in [-0.05, 0) is 36.0 Å². The predicted octanol–water partition coefficient (Wildman–Crippen LogP) is 4.79. The van der Waals surface area contributed by atoms with Gasteiger partial charge in [0.1, 0.15) is 0 Å². The van der Waals surface area contributed by atoms with Crippen molar-refractivity contribution in [2.75, 3.05) is 6.54 Å². The molecule has 1 aliphatic rings. The summed E-state index contributed by atoms with van der Waals surface area (Å²) in [5.74, 6) is 3.64. The second kappa shape index (κ2) is 6.12. The monoisotopic (exact) mass is 251 g/mol. The maximum absolute atomic E-state index is 4.36. The molecule has 0 amide bonds. The summed E-state index contributed by atoms with van der Waals surface area (Å²) in [6.45, 7) is 22.0. The molecule has 0 radical (unpaired) electrons. The first kappa shape index (κ1) is 15.6. The molecule has 18 heavy (non-hydrogen) atoms. The quantitative estimate of drug-likeness (QED) is 0.694. The van der Waals surface area contributed by atoms with Crippen molar-refractivity contribution in [3.8, 4) is 0 Å².